The van der Waals surface area contributed by atoms with Crippen molar-refractivity contribution in [3.05, 3.63) is 29.3 Å². The second-order valence-corrected chi connectivity index (χ2v) is 5.08. The highest BCUT2D eigenvalue weighted by Gasteiger charge is 2.20. The molecule has 1 nitrogen and oxygen atoms in total. The Bertz CT molecular complexity index is 343. The van der Waals surface area contributed by atoms with Gasteiger partial charge >= 0.3 is 0 Å². The smallest absolute Gasteiger partial charge is 0.0346 e. The molecule has 1 aromatic rings. The van der Waals surface area contributed by atoms with Gasteiger partial charge in [-0.2, -0.15) is 0 Å². The molecular formula is C14H21N. The predicted molar refractivity (Wildman–Crippen MR) is 66.0 cm³/mol. The molecule has 15 heavy (non-hydrogen) atoms. The largest absolute Gasteiger partial charge is 0.399 e. The molecular weight excluding hydrogens is 182 g/mol. The molecule has 2 N–H and O–H groups in total. The Morgan fingerprint density at radius 3 is 2.73 bits per heavy atom. The number of rotatable bonds is 1. The van der Waals surface area contributed by atoms with Gasteiger partial charge < -0.3 is 5.73 Å². The van der Waals surface area contributed by atoms with Crippen LogP contribution in [-0.4, -0.2) is 0 Å². The van der Waals surface area contributed by atoms with Crippen LogP contribution in [0.5, 0.6) is 0 Å². The fraction of sp³-hybridized carbons (Fsp3) is 0.571. The molecule has 2 atom stereocenters. The highest BCUT2D eigenvalue weighted by Crippen LogP contribution is 2.36. The van der Waals surface area contributed by atoms with Crippen molar-refractivity contribution in [2.75, 3.05) is 5.73 Å². The van der Waals surface area contributed by atoms with Gasteiger partial charge in [0.25, 0.3) is 0 Å². The molecule has 0 saturated heterocycles. The van der Waals surface area contributed by atoms with Crippen molar-refractivity contribution in [2.45, 2.75) is 45.4 Å². The summed E-state index contributed by atoms with van der Waals surface area (Å²) in [6, 6.07) is 6.59. The highest BCUT2D eigenvalue weighted by molar-refractivity contribution is 5.49. The zero-order valence-corrected chi connectivity index (χ0v) is 9.79. The molecule has 1 aliphatic rings. The molecule has 1 fully saturated rings. The van der Waals surface area contributed by atoms with Gasteiger partial charge in [-0.05, 0) is 48.8 Å². The van der Waals surface area contributed by atoms with E-state index in [-0.39, 0.29) is 0 Å². The average Bonchev–Trinajstić information content (AvgIpc) is 2.22. The van der Waals surface area contributed by atoms with Crippen LogP contribution in [0.15, 0.2) is 18.2 Å². The molecule has 0 radical (unpaired) electrons. The summed E-state index contributed by atoms with van der Waals surface area (Å²) in [5.41, 5.74) is 9.56. The maximum atomic E-state index is 5.96. The van der Waals surface area contributed by atoms with Crippen LogP contribution in [-0.2, 0) is 0 Å². The number of hydrogen-bond donors (Lipinski definition) is 1. The molecule has 0 amide bonds. The molecule has 0 aliphatic heterocycles. The molecule has 1 heteroatoms. The summed E-state index contributed by atoms with van der Waals surface area (Å²) in [5, 5.41) is 0. The van der Waals surface area contributed by atoms with E-state index in [4.69, 9.17) is 5.73 Å². The van der Waals surface area contributed by atoms with Crippen molar-refractivity contribution < 1.29 is 0 Å². The average molecular weight is 203 g/mol. The van der Waals surface area contributed by atoms with Crippen molar-refractivity contribution in [3.8, 4) is 0 Å². The zero-order valence-electron chi connectivity index (χ0n) is 9.79. The molecule has 0 spiro atoms. The topological polar surface area (TPSA) is 26.0 Å². The standard InChI is InChI=1S/C14H21N/c1-10-4-3-5-12(8-10)13-7-6-11(2)14(15)9-13/h6-7,9-10,12H,3-5,8,15H2,1-2H3/t10-,12+/m0/s1. The quantitative estimate of drug-likeness (QED) is 0.689. The Morgan fingerprint density at radius 2 is 2.07 bits per heavy atom. The zero-order chi connectivity index (χ0) is 10.8. The Morgan fingerprint density at radius 1 is 1.27 bits per heavy atom. The van der Waals surface area contributed by atoms with E-state index in [1.807, 2.05) is 0 Å². The van der Waals surface area contributed by atoms with Crippen molar-refractivity contribution >= 4 is 5.69 Å². The van der Waals surface area contributed by atoms with Gasteiger partial charge in [0, 0.05) is 5.69 Å². The molecule has 1 aliphatic carbocycles. The van der Waals surface area contributed by atoms with E-state index in [9.17, 15) is 0 Å². The van der Waals surface area contributed by atoms with E-state index < -0.39 is 0 Å². The van der Waals surface area contributed by atoms with E-state index >= 15 is 0 Å². The van der Waals surface area contributed by atoms with Crippen LogP contribution in [0.25, 0.3) is 0 Å². The van der Waals surface area contributed by atoms with Gasteiger partial charge in [-0.1, -0.05) is 31.9 Å². The molecule has 0 bridgehead atoms. The number of aryl methyl sites for hydroxylation is 1. The first-order chi connectivity index (χ1) is 7.16. The maximum absolute atomic E-state index is 5.96. The van der Waals surface area contributed by atoms with E-state index in [1.54, 1.807) is 0 Å². The van der Waals surface area contributed by atoms with Crippen LogP contribution in [0.4, 0.5) is 5.69 Å². The number of anilines is 1. The minimum Gasteiger partial charge on any atom is -0.399 e. The van der Waals surface area contributed by atoms with E-state index in [0.717, 1.165) is 17.5 Å². The molecule has 0 unspecified atom stereocenters. The molecule has 1 aromatic carbocycles. The molecule has 0 heterocycles. The number of nitrogen functional groups attached to an aromatic ring is 1. The highest BCUT2D eigenvalue weighted by atomic mass is 14.6. The van der Waals surface area contributed by atoms with Gasteiger partial charge in [-0.15, -0.1) is 0 Å². The predicted octanol–water partition coefficient (Wildman–Crippen LogP) is 3.87. The summed E-state index contributed by atoms with van der Waals surface area (Å²) < 4.78 is 0. The summed E-state index contributed by atoms with van der Waals surface area (Å²) in [6.45, 7) is 4.44. The van der Waals surface area contributed by atoms with E-state index in [1.165, 1.54) is 36.8 Å². The second-order valence-electron chi connectivity index (χ2n) is 5.08. The molecule has 82 valence electrons. The Hall–Kier alpha value is -0.980. The van der Waals surface area contributed by atoms with Gasteiger partial charge in [0.15, 0.2) is 0 Å². The summed E-state index contributed by atoms with van der Waals surface area (Å²) in [7, 11) is 0. The van der Waals surface area contributed by atoms with Crippen LogP contribution in [0.1, 0.15) is 49.7 Å². The first kappa shape index (κ1) is 10.5. The lowest BCUT2D eigenvalue weighted by Crippen LogP contribution is -2.12. The third-order valence-corrected chi connectivity index (χ3v) is 3.71. The lowest BCUT2D eigenvalue weighted by Gasteiger charge is -2.27. The minimum absolute atomic E-state index is 0.747. The van der Waals surface area contributed by atoms with Crippen LogP contribution < -0.4 is 5.73 Å². The van der Waals surface area contributed by atoms with Crippen LogP contribution in [0, 0.1) is 12.8 Å². The van der Waals surface area contributed by atoms with Crippen LogP contribution in [0.2, 0.25) is 0 Å². The summed E-state index contributed by atoms with van der Waals surface area (Å²) in [4.78, 5) is 0. The molecule has 0 aromatic heterocycles. The first-order valence-electron chi connectivity index (χ1n) is 6.03. The van der Waals surface area contributed by atoms with Crippen LogP contribution in [0.3, 0.4) is 0 Å². The first-order valence-corrected chi connectivity index (χ1v) is 6.03. The summed E-state index contributed by atoms with van der Waals surface area (Å²) >= 11 is 0. The SMILES string of the molecule is Cc1ccc([C@@H]2CCC[C@H](C)C2)cc1N. The Balaban J connectivity index is 2.18. The lowest BCUT2D eigenvalue weighted by atomic mass is 9.78. The lowest BCUT2D eigenvalue weighted by molar-refractivity contribution is 0.344. The van der Waals surface area contributed by atoms with Gasteiger partial charge in [-0.25, -0.2) is 0 Å². The monoisotopic (exact) mass is 203 g/mol. The number of nitrogens with two attached hydrogens (primary N) is 1. The van der Waals surface area contributed by atoms with Crippen molar-refractivity contribution in [3.63, 3.8) is 0 Å². The molecule has 1 saturated carbocycles. The summed E-state index contributed by atoms with van der Waals surface area (Å²) in [6.07, 6.45) is 5.45. The van der Waals surface area contributed by atoms with Gasteiger partial charge in [0.05, 0.1) is 0 Å². The Kier molecular flexibility index (Phi) is 2.99. The fourth-order valence-corrected chi connectivity index (χ4v) is 2.65. The van der Waals surface area contributed by atoms with Crippen molar-refractivity contribution in [1.29, 1.82) is 0 Å². The van der Waals surface area contributed by atoms with Crippen molar-refractivity contribution in [1.82, 2.24) is 0 Å². The van der Waals surface area contributed by atoms with Gasteiger partial charge in [0.2, 0.25) is 0 Å². The van der Waals surface area contributed by atoms with Crippen molar-refractivity contribution in [2.24, 2.45) is 5.92 Å². The normalized spacial score (nSPS) is 26.5. The third-order valence-electron chi connectivity index (χ3n) is 3.71. The summed E-state index contributed by atoms with van der Waals surface area (Å²) in [5.74, 6) is 1.63. The van der Waals surface area contributed by atoms with E-state index in [0.29, 0.717) is 0 Å². The number of benzene rings is 1. The van der Waals surface area contributed by atoms with Gasteiger partial charge in [0.1, 0.15) is 0 Å². The van der Waals surface area contributed by atoms with E-state index in [2.05, 4.69) is 32.0 Å². The van der Waals surface area contributed by atoms with Crippen LogP contribution >= 0.6 is 0 Å². The maximum Gasteiger partial charge on any atom is 0.0346 e. The molecule has 2 rings (SSSR count). The Labute approximate surface area is 92.7 Å². The number of hydrogen-bond acceptors (Lipinski definition) is 1. The fourth-order valence-electron chi connectivity index (χ4n) is 2.65. The minimum atomic E-state index is 0.747. The second kappa shape index (κ2) is 4.26. The third kappa shape index (κ3) is 2.34. The van der Waals surface area contributed by atoms with Gasteiger partial charge in [-0.3, -0.25) is 0 Å².